The smallest absolute Gasteiger partial charge is 0.310 e. The van der Waals surface area contributed by atoms with Crippen molar-refractivity contribution >= 4 is 11.4 Å². The Morgan fingerprint density at radius 2 is 2.47 bits per heavy atom. The minimum absolute atomic E-state index is 0.0873. The Hall–Kier alpha value is -1.69. The van der Waals surface area contributed by atoms with Gasteiger partial charge in [0.05, 0.1) is 4.92 Å². The standard InChI is InChI=1S/C11H16N4O2/c1-12-9-3-2-6-14(8-9)10-4-5-13-7-11(10)15(16)17/h4-5,7,9,12H,2-3,6,8H2,1H3. The Balaban J connectivity index is 2.24. The predicted octanol–water partition coefficient (Wildman–Crippen LogP) is 1.18. The quantitative estimate of drug-likeness (QED) is 0.630. The third-order valence-electron chi connectivity index (χ3n) is 3.14. The summed E-state index contributed by atoms with van der Waals surface area (Å²) in [4.78, 5) is 16.4. The normalized spacial score (nSPS) is 20.3. The van der Waals surface area contributed by atoms with Crippen LogP contribution in [0, 0.1) is 10.1 Å². The fraction of sp³-hybridized carbons (Fsp3) is 0.545. The van der Waals surface area contributed by atoms with E-state index in [1.807, 2.05) is 7.05 Å². The van der Waals surface area contributed by atoms with E-state index >= 15 is 0 Å². The van der Waals surface area contributed by atoms with Gasteiger partial charge >= 0.3 is 5.69 Å². The fourth-order valence-corrected chi connectivity index (χ4v) is 2.22. The SMILES string of the molecule is CNC1CCCN(c2ccncc2[N+](=O)[O-])C1. The topological polar surface area (TPSA) is 71.3 Å². The molecule has 0 aliphatic carbocycles. The molecule has 6 nitrogen and oxygen atoms in total. The molecule has 2 rings (SSSR count). The first-order valence-corrected chi connectivity index (χ1v) is 5.73. The molecular weight excluding hydrogens is 220 g/mol. The Labute approximate surface area is 99.8 Å². The average molecular weight is 236 g/mol. The van der Waals surface area contributed by atoms with E-state index in [-0.39, 0.29) is 10.6 Å². The number of hydrogen-bond acceptors (Lipinski definition) is 5. The van der Waals surface area contributed by atoms with E-state index in [2.05, 4.69) is 15.2 Å². The van der Waals surface area contributed by atoms with Gasteiger partial charge in [0.25, 0.3) is 0 Å². The number of nitro groups is 1. The molecule has 0 radical (unpaired) electrons. The number of nitrogens with one attached hydrogen (secondary N) is 1. The number of rotatable bonds is 3. The van der Waals surface area contributed by atoms with E-state index in [9.17, 15) is 10.1 Å². The largest absolute Gasteiger partial charge is 0.364 e. The molecule has 1 aliphatic heterocycles. The van der Waals surface area contributed by atoms with Gasteiger partial charge in [-0.15, -0.1) is 0 Å². The second-order valence-corrected chi connectivity index (χ2v) is 4.20. The highest BCUT2D eigenvalue weighted by Crippen LogP contribution is 2.28. The molecule has 92 valence electrons. The molecule has 1 fully saturated rings. The van der Waals surface area contributed by atoms with Gasteiger partial charge in [0.2, 0.25) is 0 Å². The summed E-state index contributed by atoms with van der Waals surface area (Å²) >= 11 is 0. The highest BCUT2D eigenvalue weighted by molar-refractivity contribution is 5.61. The van der Waals surface area contributed by atoms with Gasteiger partial charge in [-0.3, -0.25) is 15.1 Å². The highest BCUT2D eigenvalue weighted by Gasteiger charge is 2.24. The van der Waals surface area contributed by atoms with Crippen LogP contribution in [0.25, 0.3) is 0 Å². The van der Waals surface area contributed by atoms with Crippen LogP contribution in [0.5, 0.6) is 0 Å². The Morgan fingerprint density at radius 3 is 3.18 bits per heavy atom. The second kappa shape index (κ2) is 5.09. The van der Waals surface area contributed by atoms with Gasteiger partial charge in [-0.05, 0) is 26.0 Å². The van der Waals surface area contributed by atoms with Gasteiger partial charge in [-0.1, -0.05) is 0 Å². The van der Waals surface area contributed by atoms with Crippen LogP contribution in [0.2, 0.25) is 0 Å². The van der Waals surface area contributed by atoms with Gasteiger partial charge < -0.3 is 10.2 Å². The molecule has 1 aliphatic rings. The maximum atomic E-state index is 10.9. The van der Waals surface area contributed by atoms with Crippen LogP contribution in [-0.4, -0.2) is 36.1 Å². The van der Waals surface area contributed by atoms with Crippen LogP contribution in [-0.2, 0) is 0 Å². The van der Waals surface area contributed by atoms with Gasteiger partial charge in [-0.25, -0.2) is 0 Å². The van der Waals surface area contributed by atoms with Crippen LogP contribution in [0.3, 0.4) is 0 Å². The zero-order chi connectivity index (χ0) is 12.3. The van der Waals surface area contributed by atoms with Crippen LogP contribution >= 0.6 is 0 Å². The average Bonchev–Trinajstić information content (AvgIpc) is 2.39. The molecule has 0 aromatic carbocycles. The van der Waals surface area contributed by atoms with Crippen molar-refractivity contribution in [3.63, 3.8) is 0 Å². The molecule has 0 spiro atoms. The fourth-order valence-electron chi connectivity index (χ4n) is 2.22. The lowest BCUT2D eigenvalue weighted by atomic mass is 10.1. The van der Waals surface area contributed by atoms with Crippen LogP contribution in [0.4, 0.5) is 11.4 Å². The molecule has 6 heteroatoms. The summed E-state index contributed by atoms with van der Waals surface area (Å²) in [7, 11) is 1.93. The Bertz CT molecular complexity index is 410. The zero-order valence-electron chi connectivity index (χ0n) is 9.80. The predicted molar refractivity (Wildman–Crippen MR) is 65.2 cm³/mol. The van der Waals surface area contributed by atoms with Crippen molar-refractivity contribution in [3.8, 4) is 0 Å². The first kappa shape index (κ1) is 11.8. The minimum atomic E-state index is -0.370. The molecule has 0 amide bonds. The molecule has 1 aromatic heterocycles. The molecule has 1 aromatic rings. The molecule has 1 unspecified atom stereocenters. The molecule has 0 bridgehead atoms. The third kappa shape index (κ3) is 2.52. The summed E-state index contributed by atoms with van der Waals surface area (Å²) in [5.41, 5.74) is 0.759. The lowest BCUT2D eigenvalue weighted by molar-refractivity contribution is -0.384. The van der Waals surface area contributed by atoms with Gasteiger partial charge in [0.1, 0.15) is 11.9 Å². The number of likely N-dealkylation sites (N-methyl/N-ethyl adjacent to an activating group) is 1. The summed E-state index contributed by atoms with van der Waals surface area (Å²) in [6.45, 7) is 1.67. The monoisotopic (exact) mass is 236 g/mol. The highest BCUT2D eigenvalue weighted by atomic mass is 16.6. The van der Waals surface area contributed by atoms with E-state index in [4.69, 9.17) is 0 Å². The first-order valence-electron chi connectivity index (χ1n) is 5.73. The van der Waals surface area contributed by atoms with E-state index in [0.29, 0.717) is 11.7 Å². The van der Waals surface area contributed by atoms with Crippen molar-refractivity contribution in [2.45, 2.75) is 18.9 Å². The summed E-state index contributed by atoms with van der Waals surface area (Å²) in [5, 5.41) is 14.2. The summed E-state index contributed by atoms with van der Waals surface area (Å²) in [6.07, 6.45) is 5.08. The van der Waals surface area contributed by atoms with Crippen molar-refractivity contribution in [1.29, 1.82) is 0 Å². The van der Waals surface area contributed by atoms with Crippen LogP contribution < -0.4 is 10.2 Å². The molecule has 17 heavy (non-hydrogen) atoms. The minimum Gasteiger partial charge on any atom is -0.364 e. The molecule has 1 atom stereocenters. The maximum absolute atomic E-state index is 10.9. The van der Waals surface area contributed by atoms with Crippen molar-refractivity contribution < 1.29 is 4.92 Å². The lowest BCUT2D eigenvalue weighted by Gasteiger charge is -2.33. The number of hydrogen-bond donors (Lipinski definition) is 1. The molecular formula is C11H16N4O2. The summed E-state index contributed by atoms with van der Waals surface area (Å²) < 4.78 is 0. The van der Waals surface area contributed by atoms with Gasteiger partial charge in [0, 0.05) is 25.3 Å². The van der Waals surface area contributed by atoms with Crippen molar-refractivity contribution in [2.24, 2.45) is 0 Å². The first-order chi connectivity index (χ1) is 8.22. The maximum Gasteiger partial charge on any atom is 0.310 e. The molecule has 1 saturated heterocycles. The Kier molecular flexibility index (Phi) is 3.53. The van der Waals surface area contributed by atoms with Gasteiger partial charge in [-0.2, -0.15) is 0 Å². The van der Waals surface area contributed by atoms with Crippen molar-refractivity contribution in [1.82, 2.24) is 10.3 Å². The summed E-state index contributed by atoms with van der Waals surface area (Å²) in [6, 6.07) is 2.12. The van der Waals surface area contributed by atoms with Crippen LogP contribution in [0.1, 0.15) is 12.8 Å². The van der Waals surface area contributed by atoms with Crippen LogP contribution in [0.15, 0.2) is 18.5 Å². The molecule has 1 N–H and O–H groups in total. The molecule has 2 heterocycles. The van der Waals surface area contributed by atoms with E-state index < -0.39 is 0 Å². The Morgan fingerprint density at radius 1 is 1.65 bits per heavy atom. The third-order valence-corrected chi connectivity index (χ3v) is 3.14. The number of aromatic nitrogens is 1. The van der Waals surface area contributed by atoms with E-state index in [0.717, 1.165) is 25.9 Å². The van der Waals surface area contributed by atoms with Crippen molar-refractivity contribution in [2.75, 3.05) is 25.0 Å². The van der Waals surface area contributed by atoms with E-state index in [1.54, 1.807) is 12.3 Å². The van der Waals surface area contributed by atoms with Gasteiger partial charge in [0.15, 0.2) is 0 Å². The number of piperidine rings is 1. The summed E-state index contributed by atoms with van der Waals surface area (Å²) in [5.74, 6) is 0. The van der Waals surface area contributed by atoms with E-state index in [1.165, 1.54) is 6.20 Å². The van der Waals surface area contributed by atoms with Crippen molar-refractivity contribution in [3.05, 3.63) is 28.6 Å². The number of anilines is 1. The number of pyridine rings is 1. The number of nitrogens with zero attached hydrogens (tertiary/aromatic N) is 3. The second-order valence-electron chi connectivity index (χ2n) is 4.20. The zero-order valence-corrected chi connectivity index (χ0v) is 9.80. The lowest BCUT2D eigenvalue weighted by Crippen LogP contribution is -2.44. The molecule has 0 saturated carbocycles.